The summed E-state index contributed by atoms with van der Waals surface area (Å²) in [5.74, 6) is -7.61. The Morgan fingerprint density at radius 1 is 0.545 bits per heavy atom. The molecule has 5 unspecified atom stereocenters. The van der Waals surface area contributed by atoms with Crippen molar-refractivity contribution in [3.63, 3.8) is 0 Å². The minimum atomic E-state index is -1.50. The Morgan fingerprint density at radius 3 is 1.38 bits per heavy atom. The smallest absolute Gasteiger partial charge is 0.310 e. The van der Waals surface area contributed by atoms with E-state index >= 15 is 0 Å². The van der Waals surface area contributed by atoms with Gasteiger partial charge in [0, 0.05) is 24.2 Å². The number of nitrogens with zero attached hydrogens (tertiary/aromatic N) is 1. The summed E-state index contributed by atoms with van der Waals surface area (Å²) in [6, 6.07) is 12.1. The molecule has 0 fully saturated rings. The molecule has 18 heteroatoms. The van der Waals surface area contributed by atoms with Gasteiger partial charge in [-0.1, -0.05) is 141 Å². The first-order valence-electron chi connectivity index (χ1n) is 28.8. The van der Waals surface area contributed by atoms with E-state index in [0.717, 1.165) is 88.0 Å². The van der Waals surface area contributed by atoms with E-state index in [0.29, 0.717) is 131 Å². The zero-order valence-electron chi connectivity index (χ0n) is 48.2. The number of aliphatic carboxylic acids is 1. The molecule has 1 rings (SSSR count). The lowest BCUT2D eigenvalue weighted by Crippen LogP contribution is -2.44. The van der Waals surface area contributed by atoms with E-state index in [9.17, 15) is 29.5 Å². The van der Waals surface area contributed by atoms with Gasteiger partial charge in [-0.25, -0.2) is 0 Å². The van der Waals surface area contributed by atoms with Crippen LogP contribution in [0.3, 0.4) is 0 Å². The topological polar surface area (TPSA) is 214 Å². The molecule has 0 spiro atoms. The standard InChI is InChI=1S/C59H101NO16S/c1-7-10-12-14-16-21-25-75-56(63)53(54(57(64)76-26-22-17-15-13-11-8-2)52(55(61)62)46-49(48-60)45-50(9-3)51-23-19-18-20-24-51)47-59(4,5)58(65)77-44-43-74-42-41-73-40-39-72-38-37-71-36-35-70-34-33-69-32-31-68-30-29-67-28-27-66-6/h18-20,23-24,49-50,52-54H,7-17,21-22,25-47H2,1-6H3,(H,61,62). The molecule has 5 atom stereocenters. The summed E-state index contributed by atoms with van der Waals surface area (Å²) >= 11 is 1.05. The zero-order chi connectivity index (χ0) is 56.5. The second kappa shape index (κ2) is 49.8. The van der Waals surface area contributed by atoms with Gasteiger partial charge in [0.1, 0.15) is 0 Å². The molecular formula is C59H101NO16S. The van der Waals surface area contributed by atoms with Crippen molar-refractivity contribution in [2.45, 2.75) is 143 Å². The number of carbonyl (C=O) groups is 4. The molecule has 0 heterocycles. The molecule has 0 bridgehead atoms. The number of carboxylic acid groups (broad SMARTS) is 1. The molecule has 444 valence electrons. The van der Waals surface area contributed by atoms with E-state index in [4.69, 9.17) is 52.1 Å². The van der Waals surface area contributed by atoms with Crippen LogP contribution in [0.2, 0.25) is 0 Å². The van der Waals surface area contributed by atoms with Crippen molar-refractivity contribution in [3.8, 4) is 6.07 Å². The van der Waals surface area contributed by atoms with Crippen LogP contribution in [0.1, 0.15) is 149 Å². The molecular weight excluding hydrogens is 1010 g/mol. The van der Waals surface area contributed by atoms with Crippen molar-refractivity contribution in [1.82, 2.24) is 0 Å². The van der Waals surface area contributed by atoms with Crippen LogP contribution >= 0.6 is 11.8 Å². The average Bonchev–Trinajstić information content (AvgIpc) is 3.42. The molecule has 17 nitrogen and oxygen atoms in total. The molecule has 0 saturated heterocycles. The van der Waals surface area contributed by atoms with Gasteiger partial charge in [0.25, 0.3) is 0 Å². The molecule has 1 aromatic carbocycles. The van der Waals surface area contributed by atoms with Gasteiger partial charge in [0.15, 0.2) is 5.12 Å². The van der Waals surface area contributed by atoms with Gasteiger partial charge >= 0.3 is 17.9 Å². The maximum Gasteiger partial charge on any atom is 0.310 e. The van der Waals surface area contributed by atoms with Crippen LogP contribution in [0.4, 0.5) is 0 Å². The summed E-state index contributed by atoms with van der Waals surface area (Å²) < 4.78 is 60.9. The highest BCUT2D eigenvalue weighted by molar-refractivity contribution is 8.13. The average molecular weight is 1110 g/mol. The summed E-state index contributed by atoms with van der Waals surface area (Å²) in [5.41, 5.74) is -0.156. The van der Waals surface area contributed by atoms with Gasteiger partial charge in [-0.05, 0) is 50.0 Å². The van der Waals surface area contributed by atoms with Crippen molar-refractivity contribution in [3.05, 3.63) is 35.9 Å². The van der Waals surface area contributed by atoms with Crippen molar-refractivity contribution in [2.75, 3.05) is 138 Å². The molecule has 0 aliphatic carbocycles. The summed E-state index contributed by atoms with van der Waals surface area (Å²) in [4.78, 5) is 56.3. The second-order valence-corrected chi connectivity index (χ2v) is 20.9. The Morgan fingerprint density at radius 2 is 0.961 bits per heavy atom. The maximum atomic E-state index is 14.5. The number of methoxy groups -OCH3 is 1. The Balaban J connectivity index is 2.79. The van der Waals surface area contributed by atoms with E-state index in [-0.39, 0.29) is 43.7 Å². The molecule has 0 radical (unpaired) electrons. The number of benzene rings is 1. The van der Waals surface area contributed by atoms with Gasteiger partial charge in [-0.2, -0.15) is 5.26 Å². The van der Waals surface area contributed by atoms with Crippen LogP contribution in [0.5, 0.6) is 0 Å². The number of ether oxygens (including phenoxy) is 11. The minimum Gasteiger partial charge on any atom is -0.481 e. The maximum absolute atomic E-state index is 14.5. The van der Waals surface area contributed by atoms with Crippen molar-refractivity contribution < 1.29 is 76.4 Å². The zero-order valence-corrected chi connectivity index (χ0v) is 49.0. The predicted molar refractivity (Wildman–Crippen MR) is 299 cm³/mol. The van der Waals surface area contributed by atoms with Crippen LogP contribution in [0, 0.1) is 40.4 Å². The number of thioether (sulfide) groups is 1. The Labute approximate surface area is 467 Å². The quantitative estimate of drug-likeness (QED) is 0.0474. The molecule has 0 amide bonds. The molecule has 0 aromatic heterocycles. The molecule has 77 heavy (non-hydrogen) atoms. The van der Waals surface area contributed by atoms with E-state index in [1.807, 2.05) is 37.3 Å². The number of rotatable bonds is 55. The van der Waals surface area contributed by atoms with Gasteiger partial charge in [0.2, 0.25) is 0 Å². The number of hydrogen-bond acceptors (Lipinski definition) is 17. The van der Waals surface area contributed by atoms with Crippen molar-refractivity contribution in [2.24, 2.45) is 29.1 Å². The van der Waals surface area contributed by atoms with E-state index < -0.39 is 47.0 Å². The first-order valence-corrected chi connectivity index (χ1v) is 29.7. The lowest BCUT2D eigenvalue weighted by molar-refractivity contribution is -0.169. The van der Waals surface area contributed by atoms with Crippen molar-refractivity contribution >= 4 is 34.8 Å². The first-order chi connectivity index (χ1) is 37.5. The summed E-state index contributed by atoms with van der Waals surface area (Å²) in [6.45, 7) is 17.4. The fourth-order valence-corrected chi connectivity index (χ4v) is 9.46. The SMILES string of the molecule is CCCCCCCCOC(=O)C(CC(C)(C)C(=O)SCCOCCOCCOCCOCCOCCOCCOCCOCCOC)C(C(=O)OCCCCCCCC)C(CC(C#N)CC(CC)c1ccccc1)C(=O)O. The van der Waals surface area contributed by atoms with Crippen molar-refractivity contribution in [1.29, 1.82) is 5.26 Å². The third-order valence-electron chi connectivity index (χ3n) is 13.1. The van der Waals surface area contributed by atoms with E-state index in [1.165, 1.54) is 0 Å². The van der Waals surface area contributed by atoms with Gasteiger partial charge in [-0.3, -0.25) is 19.2 Å². The lowest BCUT2D eigenvalue weighted by atomic mass is 9.70. The third kappa shape index (κ3) is 37.4. The Bertz CT molecular complexity index is 1630. The number of carbonyl (C=O) groups excluding carboxylic acids is 3. The highest BCUT2D eigenvalue weighted by Crippen LogP contribution is 2.41. The largest absolute Gasteiger partial charge is 0.481 e. The number of nitriles is 1. The molecule has 0 saturated carbocycles. The molecule has 0 aliphatic rings. The van der Waals surface area contributed by atoms with Crippen LogP contribution in [-0.2, 0) is 71.3 Å². The Kier molecular flexibility index (Phi) is 46.4. The fourth-order valence-electron chi connectivity index (χ4n) is 8.60. The summed E-state index contributed by atoms with van der Waals surface area (Å²) in [7, 11) is 1.63. The number of unbranched alkanes of at least 4 members (excludes halogenated alkanes) is 10. The van der Waals surface area contributed by atoms with Crippen LogP contribution in [0.15, 0.2) is 30.3 Å². The lowest BCUT2D eigenvalue weighted by Gasteiger charge is -2.34. The van der Waals surface area contributed by atoms with Crippen LogP contribution in [-0.4, -0.2) is 167 Å². The van der Waals surface area contributed by atoms with Gasteiger partial charge in [-0.15, -0.1) is 0 Å². The minimum absolute atomic E-state index is 0.0240. The third-order valence-corrected chi connectivity index (χ3v) is 14.3. The predicted octanol–water partition coefficient (Wildman–Crippen LogP) is 10.3. The van der Waals surface area contributed by atoms with Gasteiger partial charge in [0.05, 0.1) is 149 Å². The van der Waals surface area contributed by atoms with E-state index in [2.05, 4.69) is 19.9 Å². The first kappa shape index (κ1) is 71.8. The fraction of sp³-hybridized carbons (Fsp3) is 0.814. The molecule has 1 N–H and O–H groups in total. The summed E-state index contributed by atoms with van der Waals surface area (Å²) in [5, 5.41) is 21.2. The second-order valence-electron chi connectivity index (χ2n) is 19.9. The normalized spacial score (nSPS) is 13.6. The Hall–Kier alpha value is -3.22. The monoisotopic (exact) mass is 1110 g/mol. The molecule has 0 aliphatic heterocycles. The number of hydrogen-bond donors (Lipinski definition) is 1. The highest BCUT2D eigenvalue weighted by atomic mass is 32.2. The number of esters is 2. The molecule has 1 aromatic rings. The van der Waals surface area contributed by atoms with Crippen LogP contribution < -0.4 is 0 Å². The van der Waals surface area contributed by atoms with Crippen LogP contribution in [0.25, 0.3) is 0 Å². The van der Waals surface area contributed by atoms with Gasteiger partial charge < -0.3 is 57.2 Å². The summed E-state index contributed by atoms with van der Waals surface area (Å²) in [6.07, 6.45) is 12.2. The number of carboxylic acids is 1. The highest BCUT2D eigenvalue weighted by Gasteiger charge is 2.48. The van der Waals surface area contributed by atoms with E-state index in [1.54, 1.807) is 21.0 Å².